The molecule has 134 valence electrons. The highest BCUT2D eigenvalue weighted by Gasteiger charge is 2.51. The first-order valence-corrected chi connectivity index (χ1v) is 8.40. The van der Waals surface area contributed by atoms with Gasteiger partial charge < -0.3 is 23.9 Å². The van der Waals surface area contributed by atoms with Crippen molar-refractivity contribution in [2.75, 3.05) is 13.7 Å². The molecule has 0 spiro atoms. The molecule has 0 amide bonds. The Labute approximate surface area is 145 Å². The Kier molecular flexibility index (Phi) is 5.52. The molecule has 1 aromatic rings. The Morgan fingerprint density at radius 2 is 1.54 bits per heavy atom. The standard InChI is InChI=1S/C18H29BO5/c1-16(2)17(3,4)24-19(23-16)12-11-18(5,20)13-22-15-9-7-14(21-6)8-10-15/h7-10,20H,11-13H2,1-6H3. The zero-order chi connectivity index (χ0) is 18.0. The summed E-state index contributed by atoms with van der Waals surface area (Å²) in [5, 5.41) is 10.5. The number of rotatable bonds is 7. The van der Waals surface area contributed by atoms with Crippen LogP contribution in [-0.2, 0) is 9.31 Å². The SMILES string of the molecule is COc1ccc(OCC(C)(O)CCB2OC(C)(C)C(C)(C)O2)cc1. The zero-order valence-electron chi connectivity index (χ0n) is 15.6. The van der Waals surface area contributed by atoms with Gasteiger partial charge in [-0.05, 0) is 71.6 Å². The fourth-order valence-corrected chi connectivity index (χ4v) is 2.49. The first kappa shape index (κ1) is 19.1. The minimum absolute atomic E-state index is 0.207. The maximum atomic E-state index is 10.5. The van der Waals surface area contributed by atoms with Gasteiger partial charge in [-0.3, -0.25) is 0 Å². The summed E-state index contributed by atoms with van der Waals surface area (Å²) in [7, 11) is 1.32. The third-order valence-electron chi connectivity index (χ3n) is 4.83. The molecule has 1 N–H and O–H groups in total. The topological polar surface area (TPSA) is 57.2 Å². The number of aliphatic hydroxyl groups is 1. The van der Waals surface area contributed by atoms with Crippen LogP contribution in [0.4, 0.5) is 0 Å². The third kappa shape index (κ3) is 4.65. The molecule has 1 aliphatic heterocycles. The maximum Gasteiger partial charge on any atom is 0.457 e. The summed E-state index contributed by atoms with van der Waals surface area (Å²) in [6, 6.07) is 7.30. The molecule has 2 rings (SSSR count). The van der Waals surface area contributed by atoms with Crippen LogP contribution in [0.15, 0.2) is 24.3 Å². The van der Waals surface area contributed by atoms with E-state index in [2.05, 4.69) is 0 Å². The van der Waals surface area contributed by atoms with Gasteiger partial charge in [-0.15, -0.1) is 0 Å². The van der Waals surface area contributed by atoms with Crippen molar-refractivity contribution in [3.63, 3.8) is 0 Å². The second kappa shape index (κ2) is 6.94. The minimum atomic E-state index is -0.955. The first-order valence-electron chi connectivity index (χ1n) is 8.40. The van der Waals surface area contributed by atoms with Gasteiger partial charge >= 0.3 is 7.12 Å². The molecule has 1 unspecified atom stereocenters. The molecule has 0 bridgehead atoms. The van der Waals surface area contributed by atoms with Crippen LogP contribution in [0.5, 0.6) is 11.5 Å². The van der Waals surface area contributed by atoms with E-state index in [0.29, 0.717) is 18.5 Å². The molecule has 1 aliphatic rings. The van der Waals surface area contributed by atoms with Crippen molar-refractivity contribution in [1.29, 1.82) is 0 Å². The fraction of sp³-hybridized carbons (Fsp3) is 0.667. The third-order valence-corrected chi connectivity index (χ3v) is 4.83. The first-order chi connectivity index (χ1) is 11.0. The number of hydrogen-bond donors (Lipinski definition) is 1. The van der Waals surface area contributed by atoms with Crippen LogP contribution < -0.4 is 9.47 Å². The van der Waals surface area contributed by atoms with E-state index in [0.717, 1.165) is 5.75 Å². The van der Waals surface area contributed by atoms with Gasteiger partial charge in [0.25, 0.3) is 0 Å². The second-order valence-electron chi connectivity index (χ2n) is 7.69. The van der Waals surface area contributed by atoms with Crippen LogP contribution in [0.1, 0.15) is 41.0 Å². The number of benzene rings is 1. The van der Waals surface area contributed by atoms with Crippen molar-refractivity contribution < 1.29 is 23.9 Å². The summed E-state index contributed by atoms with van der Waals surface area (Å²) >= 11 is 0. The quantitative estimate of drug-likeness (QED) is 0.774. The highest BCUT2D eigenvalue weighted by atomic mass is 16.7. The number of hydrogen-bond acceptors (Lipinski definition) is 5. The lowest BCUT2D eigenvalue weighted by Crippen LogP contribution is -2.41. The maximum absolute atomic E-state index is 10.5. The predicted octanol–water partition coefficient (Wildman–Crippen LogP) is 3.31. The van der Waals surface area contributed by atoms with Gasteiger partial charge in [0.2, 0.25) is 0 Å². The van der Waals surface area contributed by atoms with Crippen molar-refractivity contribution in [2.24, 2.45) is 0 Å². The van der Waals surface area contributed by atoms with Crippen LogP contribution in [0.25, 0.3) is 0 Å². The Bertz CT molecular complexity index is 523. The number of methoxy groups -OCH3 is 1. The minimum Gasteiger partial charge on any atom is -0.497 e. The molecule has 24 heavy (non-hydrogen) atoms. The van der Waals surface area contributed by atoms with E-state index in [1.807, 2.05) is 52.0 Å². The molecule has 6 heteroatoms. The van der Waals surface area contributed by atoms with E-state index in [9.17, 15) is 5.11 Å². The normalized spacial score (nSPS) is 21.4. The summed E-state index contributed by atoms with van der Waals surface area (Å²) in [6.07, 6.45) is 1.14. The van der Waals surface area contributed by atoms with Crippen LogP contribution in [0.2, 0.25) is 6.32 Å². The van der Waals surface area contributed by atoms with Crippen molar-refractivity contribution in [3.8, 4) is 11.5 Å². The van der Waals surface area contributed by atoms with E-state index in [-0.39, 0.29) is 24.9 Å². The Morgan fingerprint density at radius 1 is 1.04 bits per heavy atom. The van der Waals surface area contributed by atoms with E-state index >= 15 is 0 Å². The smallest absolute Gasteiger partial charge is 0.457 e. The van der Waals surface area contributed by atoms with Gasteiger partial charge in [-0.2, -0.15) is 0 Å². The predicted molar refractivity (Wildman–Crippen MR) is 94.6 cm³/mol. The fourth-order valence-electron chi connectivity index (χ4n) is 2.49. The van der Waals surface area contributed by atoms with Gasteiger partial charge in [0, 0.05) is 0 Å². The molecule has 0 radical (unpaired) electrons. The number of ether oxygens (including phenoxy) is 2. The van der Waals surface area contributed by atoms with Crippen LogP contribution in [-0.4, -0.2) is 42.7 Å². The van der Waals surface area contributed by atoms with E-state index < -0.39 is 5.60 Å². The molecule has 0 saturated carbocycles. The van der Waals surface area contributed by atoms with Crippen LogP contribution in [0, 0.1) is 0 Å². The molecule has 1 fully saturated rings. The summed E-state index contributed by atoms with van der Waals surface area (Å²) in [5.41, 5.74) is -1.64. The molecular weight excluding hydrogens is 307 g/mol. The lowest BCUT2D eigenvalue weighted by atomic mass is 9.79. The van der Waals surface area contributed by atoms with Crippen molar-refractivity contribution in [1.82, 2.24) is 0 Å². The van der Waals surface area contributed by atoms with Gasteiger partial charge in [-0.1, -0.05) is 0 Å². The largest absolute Gasteiger partial charge is 0.497 e. The monoisotopic (exact) mass is 336 g/mol. The lowest BCUT2D eigenvalue weighted by Gasteiger charge is -2.32. The average Bonchev–Trinajstić information content (AvgIpc) is 2.72. The molecule has 1 saturated heterocycles. The van der Waals surface area contributed by atoms with Crippen LogP contribution >= 0.6 is 0 Å². The molecule has 1 atom stereocenters. The second-order valence-corrected chi connectivity index (χ2v) is 7.69. The lowest BCUT2D eigenvalue weighted by molar-refractivity contribution is 0.00578. The van der Waals surface area contributed by atoms with Crippen molar-refractivity contribution in [2.45, 2.75) is 64.2 Å². The van der Waals surface area contributed by atoms with Gasteiger partial charge in [0.05, 0.1) is 23.9 Å². The Balaban J connectivity index is 1.81. The molecule has 5 nitrogen and oxygen atoms in total. The van der Waals surface area contributed by atoms with Crippen molar-refractivity contribution >= 4 is 7.12 Å². The molecule has 0 aromatic heterocycles. The molecule has 1 aromatic carbocycles. The van der Waals surface area contributed by atoms with E-state index in [4.69, 9.17) is 18.8 Å². The zero-order valence-corrected chi connectivity index (χ0v) is 15.6. The molecule has 1 heterocycles. The average molecular weight is 336 g/mol. The summed E-state index contributed by atoms with van der Waals surface area (Å²) < 4.78 is 22.7. The van der Waals surface area contributed by atoms with Crippen molar-refractivity contribution in [3.05, 3.63) is 24.3 Å². The Morgan fingerprint density at radius 3 is 2.04 bits per heavy atom. The summed E-state index contributed by atoms with van der Waals surface area (Å²) in [4.78, 5) is 0. The van der Waals surface area contributed by atoms with Gasteiger partial charge in [-0.25, -0.2) is 0 Å². The molecular formula is C18H29BO5. The Hall–Kier alpha value is -1.24. The van der Waals surface area contributed by atoms with Crippen LogP contribution in [0.3, 0.4) is 0 Å². The molecule has 0 aliphatic carbocycles. The van der Waals surface area contributed by atoms with Gasteiger partial charge in [0.15, 0.2) is 0 Å². The van der Waals surface area contributed by atoms with Gasteiger partial charge in [0.1, 0.15) is 18.1 Å². The highest BCUT2D eigenvalue weighted by molar-refractivity contribution is 6.45. The van der Waals surface area contributed by atoms with E-state index in [1.165, 1.54) is 0 Å². The summed E-state index contributed by atoms with van der Waals surface area (Å²) in [5.74, 6) is 1.47. The highest BCUT2D eigenvalue weighted by Crippen LogP contribution is 2.38. The van der Waals surface area contributed by atoms with E-state index in [1.54, 1.807) is 14.0 Å². The summed E-state index contributed by atoms with van der Waals surface area (Å²) in [6.45, 7) is 10.1.